The Bertz CT molecular complexity index is 534. The Balaban J connectivity index is 2.86. The van der Waals surface area contributed by atoms with E-state index in [1.165, 1.54) is 23.1 Å². The molecular weight excluding hydrogens is 258 g/mol. The summed E-state index contributed by atoms with van der Waals surface area (Å²) in [5.74, 6) is -0.354. The third-order valence-corrected chi connectivity index (χ3v) is 2.76. The normalized spacial score (nSPS) is 12.1. The Morgan fingerprint density at radius 2 is 1.95 bits per heavy atom. The molecular formula is C14H21N3O3. The first-order valence-corrected chi connectivity index (χ1v) is 6.52. The minimum absolute atomic E-state index is 0.151. The van der Waals surface area contributed by atoms with E-state index in [0.717, 1.165) is 0 Å². The van der Waals surface area contributed by atoms with Gasteiger partial charge in [0.1, 0.15) is 11.7 Å². The van der Waals surface area contributed by atoms with Gasteiger partial charge in [0.25, 0.3) is 5.91 Å². The second-order valence-corrected chi connectivity index (χ2v) is 5.32. The molecule has 1 rings (SSSR count). The van der Waals surface area contributed by atoms with E-state index in [1.54, 1.807) is 14.1 Å². The zero-order valence-electron chi connectivity index (χ0n) is 12.3. The molecule has 2 amide bonds. The molecule has 0 radical (unpaired) electrons. The predicted molar refractivity (Wildman–Crippen MR) is 76.5 cm³/mol. The number of carbonyl (C=O) groups is 2. The lowest BCUT2D eigenvalue weighted by Crippen LogP contribution is -2.47. The Morgan fingerprint density at radius 1 is 1.30 bits per heavy atom. The number of nitrogens with zero attached hydrogens (tertiary/aromatic N) is 1. The minimum atomic E-state index is -0.596. The van der Waals surface area contributed by atoms with Gasteiger partial charge in [-0.3, -0.25) is 14.4 Å². The fourth-order valence-corrected chi connectivity index (χ4v) is 1.82. The van der Waals surface area contributed by atoms with Crippen LogP contribution in [0.4, 0.5) is 0 Å². The molecule has 110 valence electrons. The number of pyridine rings is 1. The number of H-pyrrole nitrogens is 1. The number of nitrogens with one attached hydrogen (secondary N) is 2. The molecule has 1 aromatic rings. The van der Waals surface area contributed by atoms with E-state index in [2.05, 4.69) is 10.3 Å². The van der Waals surface area contributed by atoms with Crippen LogP contribution in [-0.4, -0.2) is 41.8 Å². The summed E-state index contributed by atoms with van der Waals surface area (Å²) in [6, 6.07) is 3.73. The van der Waals surface area contributed by atoms with Gasteiger partial charge in [-0.05, 0) is 18.4 Å². The first kappa shape index (κ1) is 15.9. The van der Waals surface area contributed by atoms with Crippen molar-refractivity contribution in [3.8, 4) is 0 Å². The van der Waals surface area contributed by atoms with Crippen LogP contribution in [0.2, 0.25) is 0 Å². The number of carbonyl (C=O) groups excluding carboxylic acids is 2. The fraction of sp³-hybridized carbons (Fsp3) is 0.500. The molecule has 0 bridgehead atoms. The molecule has 0 aliphatic rings. The first-order valence-electron chi connectivity index (χ1n) is 6.52. The van der Waals surface area contributed by atoms with Gasteiger partial charge in [0.2, 0.25) is 11.5 Å². The number of hydrogen-bond acceptors (Lipinski definition) is 3. The van der Waals surface area contributed by atoms with Crippen molar-refractivity contribution in [3.63, 3.8) is 0 Å². The molecule has 0 aliphatic heterocycles. The second-order valence-electron chi connectivity index (χ2n) is 5.32. The minimum Gasteiger partial charge on any atom is -0.347 e. The van der Waals surface area contributed by atoms with Crippen LogP contribution in [0, 0.1) is 5.92 Å². The van der Waals surface area contributed by atoms with Gasteiger partial charge < -0.3 is 15.2 Å². The molecule has 6 nitrogen and oxygen atoms in total. The van der Waals surface area contributed by atoms with E-state index >= 15 is 0 Å². The maximum Gasteiger partial charge on any atom is 0.268 e. The number of rotatable bonds is 5. The summed E-state index contributed by atoms with van der Waals surface area (Å²) in [6.07, 6.45) is 0.541. The SMILES string of the molecule is CC(C)CC(NC(=O)c1cccc(=O)[nH]1)C(=O)N(C)C. The van der Waals surface area contributed by atoms with Gasteiger partial charge in [-0.25, -0.2) is 0 Å². The molecule has 2 N–H and O–H groups in total. The average molecular weight is 279 g/mol. The molecule has 1 atom stereocenters. The van der Waals surface area contributed by atoms with Gasteiger partial charge in [0, 0.05) is 20.2 Å². The van der Waals surface area contributed by atoms with Crippen molar-refractivity contribution in [1.82, 2.24) is 15.2 Å². The van der Waals surface area contributed by atoms with Crippen LogP contribution >= 0.6 is 0 Å². The summed E-state index contributed by atoms with van der Waals surface area (Å²) >= 11 is 0. The van der Waals surface area contributed by atoms with Crippen LogP contribution < -0.4 is 10.9 Å². The van der Waals surface area contributed by atoms with Crippen LogP contribution in [0.25, 0.3) is 0 Å². The number of hydrogen-bond donors (Lipinski definition) is 2. The van der Waals surface area contributed by atoms with E-state index < -0.39 is 11.9 Å². The summed E-state index contributed by atoms with van der Waals surface area (Å²) in [4.78, 5) is 39.2. The van der Waals surface area contributed by atoms with E-state index in [1.807, 2.05) is 13.8 Å². The zero-order chi connectivity index (χ0) is 15.3. The second kappa shape index (κ2) is 6.88. The van der Waals surface area contributed by atoms with E-state index in [-0.39, 0.29) is 23.1 Å². The van der Waals surface area contributed by atoms with Crippen molar-refractivity contribution < 1.29 is 9.59 Å². The lowest BCUT2D eigenvalue weighted by atomic mass is 10.0. The van der Waals surface area contributed by atoms with Gasteiger partial charge in [-0.15, -0.1) is 0 Å². The van der Waals surface area contributed by atoms with Gasteiger partial charge in [-0.1, -0.05) is 19.9 Å². The number of aromatic nitrogens is 1. The highest BCUT2D eigenvalue weighted by Crippen LogP contribution is 2.07. The standard InChI is InChI=1S/C14H21N3O3/c1-9(2)8-11(14(20)17(3)4)16-13(19)10-6-5-7-12(18)15-10/h5-7,9,11H,8H2,1-4H3,(H,15,18)(H,16,19). The Hall–Kier alpha value is -2.11. The quantitative estimate of drug-likeness (QED) is 0.828. The van der Waals surface area contributed by atoms with Crippen LogP contribution in [0.15, 0.2) is 23.0 Å². The molecule has 0 fully saturated rings. The maximum absolute atomic E-state index is 12.1. The third kappa shape index (κ3) is 4.53. The highest BCUT2D eigenvalue weighted by Gasteiger charge is 2.24. The van der Waals surface area contributed by atoms with Crippen LogP contribution in [0.3, 0.4) is 0 Å². The molecule has 1 heterocycles. The molecule has 6 heteroatoms. The predicted octanol–water partition coefficient (Wildman–Crippen LogP) is 0.608. The Kier molecular flexibility index (Phi) is 5.49. The monoisotopic (exact) mass is 279 g/mol. The summed E-state index contributed by atoms with van der Waals surface area (Å²) in [6.45, 7) is 3.96. The van der Waals surface area contributed by atoms with Crippen LogP contribution in [0.5, 0.6) is 0 Å². The van der Waals surface area contributed by atoms with Gasteiger partial charge in [-0.2, -0.15) is 0 Å². The molecule has 1 unspecified atom stereocenters. The summed E-state index contributed by atoms with van der Waals surface area (Å²) < 4.78 is 0. The molecule has 0 aliphatic carbocycles. The highest BCUT2D eigenvalue weighted by molar-refractivity contribution is 5.95. The Morgan fingerprint density at radius 3 is 2.45 bits per heavy atom. The van der Waals surface area contributed by atoms with Crippen molar-refractivity contribution in [2.45, 2.75) is 26.3 Å². The van der Waals surface area contributed by atoms with E-state index in [4.69, 9.17) is 0 Å². The first-order chi connectivity index (χ1) is 9.31. The van der Waals surface area contributed by atoms with Crippen molar-refractivity contribution in [2.24, 2.45) is 5.92 Å². The topological polar surface area (TPSA) is 82.3 Å². The summed E-state index contributed by atoms with van der Waals surface area (Å²) in [5, 5.41) is 2.67. The summed E-state index contributed by atoms with van der Waals surface area (Å²) in [7, 11) is 3.29. The van der Waals surface area contributed by atoms with Gasteiger partial charge in [0.15, 0.2) is 0 Å². The Labute approximate surface area is 118 Å². The number of amides is 2. The number of aromatic amines is 1. The maximum atomic E-state index is 12.1. The van der Waals surface area contributed by atoms with Crippen LogP contribution in [-0.2, 0) is 4.79 Å². The van der Waals surface area contributed by atoms with Gasteiger partial charge >= 0.3 is 0 Å². The van der Waals surface area contributed by atoms with Crippen molar-refractivity contribution >= 4 is 11.8 Å². The average Bonchev–Trinajstić information content (AvgIpc) is 2.36. The van der Waals surface area contributed by atoms with E-state index in [0.29, 0.717) is 6.42 Å². The van der Waals surface area contributed by atoms with Crippen molar-refractivity contribution in [2.75, 3.05) is 14.1 Å². The molecule has 0 spiro atoms. The molecule has 0 saturated heterocycles. The van der Waals surface area contributed by atoms with Crippen molar-refractivity contribution in [3.05, 3.63) is 34.2 Å². The zero-order valence-corrected chi connectivity index (χ0v) is 12.3. The lowest BCUT2D eigenvalue weighted by Gasteiger charge is -2.23. The van der Waals surface area contributed by atoms with E-state index in [9.17, 15) is 14.4 Å². The third-order valence-electron chi connectivity index (χ3n) is 2.76. The fourth-order valence-electron chi connectivity index (χ4n) is 1.82. The smallest absolute Gasteiger partial charge is 0.268 e. The van der Waals surface area contributed by atoms with Crippen molar-refractivity contribution in [1.29, 1.82) is 0 Å². The number of likely N-dealkylation sites (N-methyl/N-ethyl adjacent to an activating group) is 1. The molecule has 0 saturated carbocycles. The largest absolute Gasteiger partial charge is 0.347 e. The van der Waals surface area contributed by atoms with Gasteiger partial charge in [0.05, 0.1) is 0 Å². The summed E-state index contributed by atoms with van der Waals surface area (Å²) in [5.41, 5.74) is -0.199. The molecule has 20 heavy (non-hydrogen) atoms. The molecule has 1 aromatic heterocycles. The highest BCUT2D eigenvalue weighted by atomic mass is 16.2. The molecule has 0 aromatic carbocycles. The van der Waals surface area contributed by atoms with Crippen LogP contribution in [0.1, 0.15) is 30.8 Å². The lowest BCUT2D eigenvalue weighted by molar-refractivity contribution is -0.131.